The normalized spacial score (nSPS) is 11.1. The standard InChI is InChI=1S/C21H21N5S/c1-12-5-6-14(3)17(9-12)18-11-27-21(23-18)19-20(22)26(25-24-19)16-8-7-13(2)15(4)10-16/h5-11H,22H2,1-4H3. The van der Waals surface area contributed by atoms with E-state index in [0.717, 1.165) is 22.0 Å². The first kappa shape index (κ1) is 17.4. The van der Waals surface area contributed by atoms with Gasteiger partial charge in [-0.2, -0.15) is 4.68 Å². The number of nitrogens with two attached hydrogens (primary N) is 1. The number of aryl methyl sites for hydroxylation is 4. The van der Waals surface area contributed by atoms with Crippen molar-refractivity contribution in [3.8, 4) is 27.6 Å². The van der Waals surface area contributed by atoms with E-state index in [-0.39, 0.29) is 0 Å². The molecule has 2 aromatic carbocycles. The second-order valence-corrected chi connectivity index (χ2v) is 7.72. The minimum absolute atomic E-state index is 0.500. The summed E-state index contributed by atoms with van der Waals surface area (Å²) in [5.41, 5.74) is 14.8. The first-order chi connectivity index (χ1) is 12.9. The Balaban J connectivity index is 1.73. The molecule has 4 rings (SSSR count). The molecular formula is C21H21N5S. The maximum absolute atomic E-state index is 6.36. The highest BCUT2D eigenvalue weighted by Gasteiger charge is 2.17. The van der Waals surface area contributed by atoms with Crippen LogP contribution in [0.25, 0.3) is 27.6 Å². The van der Waals surface area contributed by atoms with Gasteiger partial charge in [-0.15, -0.1) is 16.4 Å². The van der Waals surface area contributed by atoms with Crippen molar-refractivity contribution in [2.75, 3.05) is 5.73 Å². The molecule has 0 fully saturated rings. The quantitative estimate of drug-likeness (QED) is 0.554. The van der Waals surface area contributed by atoms with Crippen LogP contribution in [0.4, 0.5) is 5.82 Å². The SMILES string of the molecule is Cc1ccc(C)c(-c2csc(-c3nnn(-c4ccc(C)c(C)c4)c3N)n2)c1. The molecule has 0 atom stereocenters. The summed E-state index contributed by atoms with van der Waals surface area (Å²) in [7, 11) is 0. The zero-order valence-corrected chi connectivity index (χ0v) is 16.6. The minimum atomic E-state index is 0.500. The Kier molecular flexibility index (Phi) is 4.28. The molecule has 0 aliphatic heterocycles. The summed E-state index contributed by atoms with van der Waals surface area (Å²) in [5.74, 6) is 0.500. The highest BCUT2D eigenvalue weighted by Crippen LogP contribution is 2.33. The van der Waals surface area contributed by atoms with Crippen LogP contribution in [-0.2, 0) is 0 Å². The van der Waals surface area contributed by atoms with Crippen LogP contribution in [0.3, 0.4) is 0 Å². The number of aromatic nitrogens is 4. The Labute approximate surface area is 162 Å². The number of hydrogen-bond acceptors (Lipinski definition) is 5. The van der Waals surface area contributed by atoms with E-state index in [1.54, 1.807) is 4.68 Å². The third kappa shape index (κ3) is 3.13. The maximum Gasteiger partial charge on any atom is 0.165 e. The lowest BCUT2D eigenvalue weighted by Gasteiger charge is -2.06. The van der Waals surface area contributed by atoms with E-state index in [4.69, 9.17) is 10.7 Å². The van der Waals surface area contributed by atoms with Crippen molar-refractivity contribution >= 4 is 17.2 Å². The van der Waals surface area contributed by atoms with E-state index in [2.05, 4.69) is 68.3 Å². The van der Waals surface area contributed by atoms with Crippen molar-refractivity contribution in [1.82, 2.24) is 20.0 Å². The number of rotatable bonds is 3. The maximum atomic E-state index is 6.36. The molecule has 27 heavy (non-hydrogen) atoms. The van der Waals surface area contributed by atoms with Crippen LogP contribution in [0.1, 0.15) is 22.3 Å². The van der Waals surface area contributed by atoms with Crippen molar-refractivity contribution in [3.63, 3.8) is 0 Å². The molecule has 0 bridgehead atoms. The number of hydrogen-bond donors (Lipinski definition) is 1. The molecule has 0 unspecified atom stereocenters. The Hall–Kier alpha value is -2.99. The van der Waals surface area contributed by atoms with Gasteiger partial charge in [0.15, 0.2) is 11.5 Å². The summed E-state index contributed by atoms with van der Waals surface area (Å²) >= 11 is 1.53. The highest BCUT2D eigenvalue weighted by atomic mass is 32.1. The van der Waals surface area contributed by atoms with Gasteiger partial charge in [-0.25, -0.2) is 4.98 Å². The van der Waals surface area contributed by atoms with Gasteiger partial charge in [0.05, 0.1) is 11.4 Å². The van der Waals surface area contributed by atoms with E-state index in [1.807, 2.05) is 11.4 Å². The Morgan fingerprint density at radius 2 is 1.70 bits per heavy atom. The van der Waals surface area contributed by atoms with Crippen molar-refractivity contribution in [3.05, 3.63) is 64.0 Å². The lowest BCUT2D eigenvalue weighted by Crippen LogP contribution is -2.03. The van der Waals surface area contributed by atoms with Crippen LogP contribution in [0.2, 0.25) is 0 Å². The molecule has 0 aliphatic carbocycles. The van der Waals surface area contributed by atoms with Gasteiger partial charge in [-0.05, 0) is 62.6 Å². The van der Waals surface area contributed by atoms with Crippen LogP contribution in [0.15, 0.2) is 41.8 Å². The molecule has 0 saturated heterocycles. The highest BCUT2D eigenvalue weighted by molar-refractivity contribution is 7.13. The van der Waals surface area contributed by atoms with Crippen LogP contribution in [-0.4, -0.2) is 20.0 Å². The third-order valence-electron chi connectivity index (χ3n) is 4.82. The first-order valence-corrected chi connectivity index (χ1v) is 9.64. The molecule has 2 aromatic heterocycles. The van der Waals surface area contributed by atoms with Gasteiger partial charge in [-0.1, -0.05) is 29.0 Å². The molecule has 136 valence electrons. The number of nitrogens with zero attached hydrogens (tertiary/aromatic N) is 4. The summed E-state index contributed by atoms with van der Waals surface area (Å²) in [6.07, 6.45) is 0. The summed E-state index contributed by atoms with van der Waals surface area (Å²) in [6.45, 7) is 8.34. The van der Waals surface area contributed by atoms with Gasteiger partial charge >= 0.3 is 0 Å². The molecule has 2 N–H and O–H groups in total. The predicted octanol–water partition coefficient (Wildman–Crippen LogP) is 4.87. The lowest BCUT2D eigenvalue weighted by atomic mass is 10.0. The molecular weight excluding hydrogens is 354 g/mol. The van der Waals surface area contributed by atoms with Crippen LogP contribution in [0.5, 0.6) is 0 Å². The summed E-state index contributed by atoms with van der Waals surface area (Å²) in [5, 5.41) is 11.4. The van der Waals surface area contributed by atoms with E-state index >= 15 is 0 Å². The fourth-order valence-electron chi connectivity index (χ4n) is 3.01. The van der Waals surface area contributed by atoms with E-state index in [0.29, 0.717) is 11.5 Å². The van der Waals surface area contributed by atoms with Gasteiger partial charge in [0.25, 0.3) is 0 Å². The molecule has 0 radical (unpaired) electrons. The van der Waals surface area contributed by atoms with Gasteiger partial charge in [-0.3, -0.25) is 0 Å². The van der Waals surface area contributed by atoms with Gasteiger partial charge in [0.1, 0.15) is 5.01 Å². The largest absolute Gasteiger partial charge is 0.382 e. The predicted molar refractivity (Wildman–Crippen MR) is 111 cm³/mol. The summed E-state index contributed by atoms with van der Waals surface area (Å²) < 4.78 is 1.67. The monoisotopic (exact) mass is 375 g/mol. The summed E-state index contributed by atoms with van der Waals surface area (Å²) in [4.78, 5) is 4.77. The fourth-order valence-corrected chi connectivity index (χ4v) is 3.82. The van der Waals surface area contributed by atoms with E-state index in [9.17, 15) is 0 Å². The zero-order chi connectivity index (χ0) is 19.1. The number of nitrogen functional groups attached to an aromatic ring is 1. The Morgan fingerprint density at radius 3 is 2.48 bits per heavy atom. The van der Waals surface area contributed by atoms with Crippen LogP contribution in [0, 0.1) is 27.7 Å². The van der Waals surface area contributed by atoms with Gasteiger partial charge < -0.3 is 5.73 Å². The second kappa shape index (κ2) is 6.63. The Morgan fingerprint density at radius 1 is 0.926 bits per heavy atom. The zero-order valence-electron chi connectivity index (χ0n) is 15.8. The molecule has 0 amide bonds. The van der Waals surface area contributed by atoms with Gasteiger partial charge in [0, 0.05) is 10.9 Å². The van der Waals surface area contributed by atoms with E-state index < -0.39 is 0 Å². The number of anilines is 1. The molecule has 5 nitrogen and oxygen atoms in total. The third-order valence-corrected chi connectivity index (χ3v) is 5.66. The fraction of sp³-hybridized carbons (Fsp3) is 0.190. The molecule has 0 saturated carbocycles. The molecule has 0 spiro atoms. The topological polar surface area (TPSA) is 69.6 Å². The van der Waals surface area contributed by atoms with Crippen molar-refractivity contribution < 1.29 is 0 Å². The van der Waals surface area contributed by atoms with Crippen molar-refractivity contribution in [1.29, 1.82) is 0 Å². The Bertz CT molecular complexity index is 1140. The minimum Gasteiger partial charge on any atom is -0.382 e. The smallest absolute Gasteiger partial charge is 0.165 e. The molecule has 4 aromatic rings. The average molecular weight is 376 g/mol. The molecule has 6 heteroatoms. The number of benzene rings is 2. The first-order valence-electron chi connectivity index (χ1n) is 8.76. The summed E-state index contributed by atoms with van der Waals surface area (Å²) in [6, 6.07) is 12.5. The van der Waals surface area contributed by atoms with Crippen LogP contribution >= 0.6 is 11.3 Å². The van der Waals surface area contributed by atoms with E-state index in [1.165, 1.54) is 33.6 Å². The van der Waals surface area contributed by atoms with Crippen molar-refractivity contribution in [2.45, 2.75) is 27.7 Å². The number of thiazole rings is 1. The van der Waals surface area contributed by atoms with Crippen LogP contribution < -0.4 is 5.73 Å². The van der Waals surface area contributed by atoms with Crippen molar-refractivity contribution in [2.24, 2.45) is 0 Å². The lowest BCUT2D eigenvalue weighted by molar-refractivity contribution is 0.809. The average Bonchev–Trinajstić information content (AvgIpc) is 3.26. The molecule has 0 aliphatic rings. The molecule has 2 heterocycles. The van der Waals surface area contributed by atoms with Gasteiger partial charge in [0.2, 0.25) is 0 Å². The second-order valence-electron chi connectivity index (χ2n) is 6.86.